The molecule has 3 rings (SSSR count). The molecule has 1 aromatic heterocycles. The Morgan fingerprint density at radius 3 is 2.37 bits per heavy atom. The van der Waals surface area contributed by atoms with Gasteiger partial charge in [-0.1, -0.05) is 0 Å². The molecule has 104 valence electrons. The summed E-state index contributed by atoms with van der Waals surface area (Å²) in [6.07, 6.45) is 3.68. The van der Waals surface area contributed by atoms with Crippen LogP contribution in [-0.4, -0.2) is 67.5 Å². The Labute approximate surface area is 113 Å². The van der Waals surface area contributed by atoms with E-state index in [0.717, 1.165) is 32.7 Å². The second-order valence-corrected chi connectivity index (χ2v) is 5.62. The standard InChI is InChI=1S/C14H21N3O2/c18-10-14(11-19-12-14)9-16-5-7-17(8-6-16)13-1-3-15-4-2-13/h1-4,18H,5-12H2. The molecule has 1 aromatic rings. The third-order valence-corrected chi connectivity index (χ3v) is 4.11. The summed E-state index contributed by atoms with van der Waals surface area (Å²) in [4.78, 5) is 8.89. The van der Waals surface area contributed by atoms with Crippen LogP contribution in [0.25, 0.3) is 0 Å². The lowest BCUT2D eigenvalue weighted by Crippen LogP contribution is -2.57. The maximum Gasteiger partial charge on any atom is 0.0579 e. The zero-order valence-electron chi connectivity index (χ0n) is 11.2. The first-order valence-electron chi connectivity index (χ1n) is 6.87. The van der Waals surface area contributed by atoms with Gasteiger partial charge in [0.1, 0.15) is 0 Å². The Kier molecular flexibility index (Phi) is 3.68. The number of anilines is 1. The molecule has 0 spiro atoms. The molecule has 2 saturated heterocycles. The van der Waals surface area contributed by atoms with Crippen LogP contribution in [0.1, 0.15) is 0 Å². The molecule has 0 aliphatic carbocycles. The summed E-state index contributed by atoms with van der Waals surface area (Å²) in [5.41, 5.74) is 1.25. The molecule has 0 aromatic carbocycles. The van der Waals surface area contributed by atoms with Crippen molar-refractivity contribution in [3.63, 3.8) is 0 Å². The minimum Gasteiger partial charge on any atom is -0.396 e. The summed E-state index contributed by atoms with van der Waals surface area (Å²) >= 11 is 0. The predicted molar refractivity (Wildman–Crippen MR) is 73.2 cm³/mol. The van der Waals surface area contributed by atoms with Crippen molar-refractivity contribution in [2.45, 2.75) is 0 Å². The van der Waals surface area contributed by atoms with Crippen molar-refractivity contribution in [2.75, 3.05) is 57.4 Å². The van der Waals surface area contributed by atoms with Gasteiger partial charge in [0.15, 0.2) is 0 Å². The van der Waals surface area contributed by atoms with Crippen LogP contribution in [0.3, 0.4) is 0 Å². The quantitative estimate of drug-likeness (QED) is 0.841. The van der Waals surface area contributed by atoms with Crippen LogP contribution in [0.4, 0.5) is 5.69 Å². The highest BCUT2D eigenvalue weighted by atomic mass is 16.5. The summed E-state index contributed by atoms with van der Waals surface area (Å²) in [6, 6.07) is 4.12. The van der Waals surface area contributed by atoms with E-state index in [1.54, 1.807) is 0 Å². The summed E-state index contributed by atoms with van der Waals surface area (Å²) in [5, 5.41) is 9.47. The lowest BCUT2D eigenvalue weighted by molar-refractivity contribution is -0.148. The first kappa shape index (κ1) is 12.8. The molecule has 0 radical (unpaired) electrons. The minimum atomic E-state index is -0.00115. The largest absolute Gasteiger partial charge is 0.396 e. The van der Waals surface area contributed by atoms with E-state index < -0.39 is 0 Å². The topological polar surface area (TPSA) is 48.8 Å². The van der Waals surface area contributed by atoms with Gasteiger partial charge in [-0.15, -0.1) is 0 Å². The molecule has 0 bridgehead atoms. The second-order valence-electron chi connectivity index (χ2n) is 5.62. The minimum absolute atomic E-state index is 0.00115. The number of aromatic nitrogens is 1. The van der Waals surface area contributed by atoms with Crippen molar-refractivity contribution in [2.24, 2.45) is 5.41 Å². The Balaban J connectivity index is 1.52. The average Bonchev–Trinajstić information content (AvgIpc) is 2.45. The van der Waals surface area contributed by atoms with Crippen molar-refractivity contribution in [1.29, 1.82) is 0 Å². The molecule has 19 heavy (non-hydrogen) atoms. The second kappa shape index (κ2) is 5.45. The van der Waals surface area contributed by atoms with E-state index in [9.17, 15) is 5.11 Å². The fraction of sp³-hybridized carbons (Fsp3) is 0.643. The molecule has 2 aliphatic heterocycles. The van der Waals surface area contributed by atoms with Crippen LogP contribution in [-0.2, 0) is 4.74 Å². The monoisotopic (exact) mass is 263 g/mol. The van der Waals surface area contributed by atoms with Crippen LogP contribution in [0, 0.1) is 5.41 Å². The molecule has 1 N–H and O–H groups in total. The van der Waals surface area contributed by atoms with Crippen LogP contribution < -0.4 is 4.90 Å². The fourth-order valence-electron chi connectivity index (χ4n) is 2.82. The number of pyridine rings is 1. The van der Waals surface area contributed by atoms with Gasteiger partial charge in [0, 0.05) is 50.8 Å². The van der Waals surface area contributed by atoms with Crippen LogP contribution in [0.15, 0.2) is 24.5 Å². The SMILES string of the molecule is OCC1(CN2CCN(c3ccncc3)CC2)COC1. The van der Waals surface area contributed by atoms with Gasteiger partial charge >= 0.3 is 0 Å². The van der Waals surface area contributed by atoms with E-state index in [0.29, 0.717) is 13.2 Å². The Hall–Kier alpha value is -1.17. The zero-order valence-corrected chi connectivity index (χ0v) is 11.2. The third kappa shape index (κ3) is 2.73. The number of rotatable bonds is 4. The molecule has 0 amide bonds. The molecule has 2 fully saturated rings. The van der Waals surface area contributed by atoms with Gasteiger partial charge in [-0.25, -0.2) is 0 Å². The smallest absolute Gasteiger partial charge is 0.0579 e. The predicted octanol–water partition coefficient (Wildman–Crippen LogP) is 0.212. The van der Waals surface area contributed by atoms with Crippen molar-refractivity contribution in [3.05, 3.63) is 24.5 Å². The van der Waals surface area contributed by atoms with Gasteiger partial charge < -0.3 is 14.7 Å². The number of hydrogen-bond acceptors (Lipinski definition) is 5. The Morgan fingerprint density at radius 1 is 1.16 bits per heavy atom. The van der Waals surface area contributed by atoms with E-state index in [2.05, 4.69) is 26.9 Å². The third-order valence-electron chi connectivity index (χ3n) is 4.11. The van der Waals surface area contributed by atoms with Crippen LogP contribution in [0.2, 0.25) is 0 Å². The van der Waals surface area contributed by atoms with Crippen LogP contribution in [0.5, 0.6) is 0 Å². The van der Waals surface area contributed by atoms with Crippen molar-refractivity contribution < 1.29 is 9.84 Å². The number of nitrogens with zero attached hydrogens (tertiary/aromatic N) is 3. The van der Waals surface area contributed by atoms with Gasteiger partial charge in [-0.05, 0) is 12.1 Å². The first-order chi connectivity index (χ1) is 9.31. The molecule has 2 aliphatic rings. The average molecular weight is 263 g/mol. The lowest BCUT2D eigenvalue weighted by Gasteiger charge is -2.45. The van der Waals surface area contributed by atoms with Crippen molar-refractivity contribution >= 4 is 5.69 Å². The highest BCUT2D eigenvalue weighted by molar-refractivity contribution is 5.44. The molecule has 0 atom stereocenters. The van der Waals surface area contributed by atoms with Gasteiger partial charge in [-0.3, -0.25) is 9.88 Å². The molecule has 5 heteroatoms. The van der Waals surface area contributed by atoms with Gasteiger partial charge in [0.25, 0.3) is 0 Å². The number of hydrogen-bond donors (Lipinski definition) is 1. The molecule has 0 unspecified atom stereocenters. The number of piperazine rings is 1. The Morgan fingerprint density at radius 2 is 1.84 bits per heavy atom. The van der Waals surface area contributed by atoms with E-state index in [-0.39, 0.29) is 12.0 Å². The maximum absolute atomic E-state index is 9.47. The summed E-state index contributed by atoms with van der Waals surface area (Å²) < 4.78 is 5.26. The first-order valence-corrected chi connectivity index (χ1v) is 6.87. The van der Waals surface area contributed by atoms with Gasteiger partial charge in [-0.2, -0.15) is 0 Å². The normalized spacial score (nSPS) is 23.1. The van der Waals surface area contributed by atoms with Crippen LogP contribution >= 0.6 is 0 Å². The summed E-state index contributed by atoms with van der Waals surface area (Å²) in [5.74, 6) is 0. The van der Waals surface area contributed by atoms with Crippen molar-refractivity contribution in [3.8, 4) is 0 Å². The van der Waals surface area contributed by atoms with E-state index in [1.807, 2.05) is 12.4 Å². The number of aliphatic hydroxyl groups is 1. The highest BCUT2D eigenvalue weighted by Crippen LogP contribution is 2.28. The van der Waals surface area contributed by atoms with E-state index in [1.165, 1.54) is 5.69 Å². The molecular weight excluding hydrogens is 242 g/mol. The van der Waals surface area contributed by atoms with E-state index >= 15 is 0 Å². The molecule has 0 saturated carbocycles. The van der Waals surface area contributed by atoms with E-state index in [4.69, 9.17) is 4.74 Å². The van der Waals surface area contributed by atoms with Crippen molar-refractivity contribution in [1.82, 2.24) is 9.88 Å². The lowest BCUT2D eigenvalue weighted by atomic mass is 9.86. The molecule has 5 nitrogen and oxygen atoms in total. The van der Waals surface area contributed by atoms with Gasteiger partial charge in [0.2, 0.25) is 0 Å². The fourth-order valence-corrected chi connectivity index (χ4v) is 2.82. The molecule has 3 heterocycles. The zero-order chi connectivity index (χ0) is 13.1. The maximum atomic E-state index is 9.47. The summed E-state index contributed by atoms with van der Waals surface area (Å²) in [6.45, 7) is 6.75. The van der Waals surface area contributed by atoms with Gasteiger partial charge in [0.05, 0.1) is 25.2 Å². The molecular formula is C14H21N3O2. The number of aliphatic hydroxyl groups excluding tert-OH is 1. The number of ether oxygens (including phenoxy) is 1. The summed E-state index contributed by atoms with van der Waals surface area (Å²) in [7, 11) is 0. The highest BCUT2D eigenvalue weighted by Gasteiger charge is 2.40. The Bertz CT molecular complexity index is 395.